The number of hydrogen-bond acceptors (Lipinski definition) is 9. The van der Waals surface area contributed by atoms with Crippen molar-refractivity contribution in [2.24, 2.45) is 5.73 Å². The number of anilines is 2. The number of aromatic nitrogens is 2. The van der Waals surface area contributed by atoms with Gasteiger partial charge in [-0.2, -0.15) is 0 Å². The summed E-state index contributed by atoms with van der Waals surface area (Å²) >= 11 is 0. The van der Waals surface area contributed by atoms with E-state index in [-0.39, 0.29) is 22.8 Å². The summed E-state index contributed by atoms with van der Waals surface area (Å²) in [6.07, 6.45) is 6.32. The monoisotopic (exact) mass is 500 g/mol. The molecule has 0 spiro atoms. The summed E-state index contributed by atoms with van der Waals surface area (Å²) in [5, 5.41) is 3.01. The van der Waals surface area contributed by atoms with Crippen molar-refractivity contribution in [1.29, 1.82) is 0 Å². The average molecular weight is 501 g/mol. The van der Waals surface area contributed by atoms with E-state index in [4.69, 9.17) is 10.5 Å². The normalized spacial score (nSPS) is 18.1. The van der Waals surface area contributed by atoms with Crippen LogP contribution in [0.3, 0.4) is 0 Å². The molecule has 2 aromatic rings. The lowest BCUT2D eigenvalue weighted by atomic mass is 10.0. The van der Waals surface area contributed by atoms with Crippen molar-refractivity contribution in [3.8, 4) is 5.75 Å². The molecule has 1 fully saturated rings. The van der Waals surface area contributed by atoms with Crippen LogP contribution < -0.4 is 20.7 Å². The van der Waals surface area contributed by atoms with Crippen LogP contribution in [0.4, 0.5) is 11.4 Å². The zero-order valence-electron chi connectivity index (χ0n) is 20.3. The lowest BCUT2D eigenvalue weighted by Crippen LogP contribution is -2.47. The van der Waals surface area contributed by atoms with Crippen molar-refractivity contribution >= 4 is 32.7 Å². The van der Waals surface area contributed by atoms with Gasteiger partial charge < -0.3 is 20.7 Å². The van der Waals surface area contributed by atoms with Crippen LogP contribution in [-0.2, 0) is 21.1 Å². The number of sulfone groups is 1. The minimum atomic E-state index is -3.01. The number of rotatable bonds is 7. The number of carbonyl (C=O) groups is 1. The predicted octanol–water partition coefficient (Wildman–Crippen LogP) is 1.30. The Morgan fingerprint density at radius 2 is 1.89 bits per heavy atom. The van der Waals surface area contributed by atoms with Gasteiger partial charge in [0, 0.05) is 75.6 Å². The molecule has 3 heterocycles. The maximum absolute atomic E-state index is 13.2. The van der Waals surface area contributed by atoms with Gasteiger partial charge in [0.05, 0.1) is 22.7 Å². The topological polar surface area (TPSA) is 131 Å². The van der Waals surface area contributed by atoms with E-state index >= 15 is 0 Å². The van der Waals surface area contributed by atoms with Crippen LogP contribution in [0.5, 0.6) is 5.75 Å². The van der Waals surface area contributed by atoms with Crippen LogP contribution in [0.1, 0.15) is 25.2 Å². The summed E-state index contributed by atoms with van der Waals surface area (Å²) in [7, 11) is -3.01. The molecule has 188 valence electrons. The van der Waals surface area contributed by atoms with Crippen molar-refractivity contribution < 1.29 is 17.9 Å². The number of nitrogens with two attached hydrogens (primary N) is 1. The summed E-state index contributed by atoms with van der Waals surface area (Å²) in [5.74, 6) is 0.804. The SMILES string of the molecule is CC1(C)Cc2cc(NC(=O)/C(=C/N)c3ncccn3)c(N3CCN(CCS(C)(=O)=O)CC3)cc2O1. The molecule has 0 saturated carbocycles. The quantitative estimate of drug-likeness (QED) is 0.540. The zero-order chi connectivity index (χ0) is 25.2. The van der Waals surface area contributed by atoms with E-state index in [9.17, 15) is 13.2 Å². The molecule has 11 heteroatoms. The second-order valence-electron chi connectivity index (χ2n) is 9.58. The van der Waals surface area contributed by atoms with Crippen LogP contribution in [0.25, 0.3) is 5.57 Å². The van der Waals surface area contributed by atoms with Gasteiger partial charge in [-0.05, 0) is 26.0 Å². The largest absolute Gasteiger partial charge is 0.487 e. The first kappa shape index (κ1) is 24.9. The van der Waals surface area contributed by atoms with Crippen LogP contribution >= 0.6 is 0 Å². The van der Waals surface area contributed by atoms with Crippen LogP contribution in [0.15, 0.2) is 36.8 Å². The Morgan fingerprint density at radius 3 is 2.51 bits per heavy atom. The third-order valence-corrected chi connectivity index (χ3v) is 7.06. The lowest BCUT2D eigenvalue weighted by molar-refractivity contribution is -0.111. The van der Waals surface area contributed by atoms with Crippen molar-refractivity contribution in [2.45, 2.75) is 25.9 Å². The molecule has 1 aromatic carbocycles. The first-order chi connectivity index (χ1) is 16.5. The number of fused-ring (bicyclic) bond motifs is 1. The molecule has 0 bridgehead atoms. The standard InChI is InChI=1S/C24H32N6O4S/c1-24(2)15-17-13-19(28-23(31)18(16-25)22-26-5-4-6-27-22)20(14-21(17)34-24)30-9-7-29(8-10-30)11-12-35(3,32)33/h4-6,13-14,16H,7-12,15,25H2,1-3H3,(H,28,31)/b18-16+. The molecule has 10 nitrogen and oxygen atoms in total. The van der Waals surface area contributed by atoms with Gasteiger partial charge in [-0.25, -0.2) is 18.4 Å². The van der Waals surface area contributed by atoms with Gasteiger partial charge in [0.2, 0.25) is 0 Å². The second-order valence-corrected chi connectivity index (χ2v) is 11.8. The van der Waals surface area contributed by atoms with Gasteiger partial charge in [0.25, 0.3) is 5.91 Å². The fourth-order valence-corrected chi connectivity index (χ4v) is 4.98. The minimum absolute atomic E-state index is 0.145. The van der Waals surface area contributed by atoms with Gasteiger partial charge in [-0.3, -0.25) is 9.69 Å². The van der Waals surface area contributed by atoms with Crippen LogP contribution in [0.2, 0.25) is 0 Å². The molecule has 4 rings (SSSR count). The van der Waals surface area contributed by atoms with E-state index in [0.29, 0.717) is 25.3 Å². The average Bonchev–Trinajstić information content (AvgIpc) is 3.11. The van der Waals surface area contributed by atoms with Gasteiger partial charge in [0.15, 0.2) is 5.82 Å². The fourth-order valence-electron chi connectivity index (χ4n) is 4.39. The molecular formula is C24H32N6O4S. The number of nitrogens with zero attached hydrogens (tertiary/aromatic N) is 4. The van der Waals surface area contributed by atoms with Gasteiger partial charge in [-0.15, -0.1) is 0 Å². The third kappa shape index (κ3) is 6.09. The van der Waals surface area contributed by atoms with Crippen molar-refractivity contribution in [3.63, 3.8) is 0 Å². The Kier molecular flexibility index (Phi) is 7.00. The molecule has 0 radical (unpaired) electrons. The third-order valence-electron chi connectivity index (χ3n) is 6.14. The number of amides is 1. The summed E-state index contributed by atoms with van der Waals surface area (Å²) in [6, 6.07) is 5.62. The maximum Gasteiger partial charge on any atom is 0.261 e. The molecule has 0 atom stereocenters. The first-order valence-corrected chi connectivity index (χ1v) is 13.6. The molecule has 1 aromatic heterocycles. The predicted molar refractivity (Wildman–Crippen MR) is 136 cm³/mol. The summed E-state index contributed by atoms with van der Waals surface area (Å²) < 4.78 is 29.2. The van der Waals surface area contributed by atoms with E-state index in [1.807, 2.05) is 26.0 Å². The summed E-state index contributed by atoms with van der Waals surface area (Å²) in [6.45, 7) is 7.41. The number of hydrogen-bond donors (Lipinski definition) is 2. The molecular weight excluding hydrogens is 468 g/mol. The van der Waals surface area contributed by atoms with E-state index < -0.39 is 15.7 Å². The van der Waals surface area contributed by atoms with Gasteiger partial charge >= 0.3 is 0 Å². The van der Waals surface area contributed by atoms with E-state index in [1.54, 1.807) is 18.5 Å². The van der Waals surface area contributed by atoms with Gasteiger partial charge in [0.1, 0.15) is 21.2 Å². The molecule has 2 aliphatic rings. The maximum atomic E-state index is 13.2. The van der Waals surface area contributed by atoms with Crippen molar-refractivity contribution in [3.05, 3.63) is 48.2 Å². The Morgan fingerprint density at radius 1 is 1.20 bits per heavy atom. The molecule has 0 aliphatic carbocycles. The van der Waals surface area contributed by atoms with Crippen molar-refractivity contribution in [1.82, 2.24) is 14.9 Å². The van der Waals surface area contributed by atoms with Crippen molar-refractivity contribution in [2.75, 3.05) is 54.9 Å². The number of nitrogens with one attached hydrogen (secondary N) is 1. The molecule has 3 N–H and O–H groups in total. The Balaban J connectivity index is 1.57. The second kappa shape index (κ2) is 9.82. The fraction of sp³-hybridized carbons (Fsp3) is 0.458. The highest BCUT2D eigenvalue weighted by molar-refractivity contribution is 7.90. The minimum Gasteiger partial charge on any atom is -0.487 e. The summed E-state index contributed by atoms with van der Waals surface area (Å²) in [5.41, 5.74) is 8.15. The first-order valence-electron chi connectivity index (χ1n) is 11.6. The van der Waals surface area contributed by atoms with E-state index in [0.717, 1.165) is 36.5 Å². The zero-order valence-corrected chi connectivity index (χ0v) is 21.1. The van der Waals surface area contributed by atoms with E-state index in [2.05, 4.69) is 25.1 Å². The molecule has 1 amide bonds. The van der Waals surface area contributed by atoms with Crippen LogP contribution in [-0.4, -0.2) is 79.5 Å². The lowest BCUT2D eigenvalue weighted by Gasteiger charge is -2.37. The Hall–Kier alpha value is -3.18. The molecule has 35 heavy (non-hydrogen) atoms. The highest BCUT2D eigenvalue weighted by Crippen LogP contribution is 2.42. The molecule has 0 unspecified atom stereocenters. The van der Waals surface area contributed by atoms with E-state index in [1.165, 1.54) is 12.5 Å². The number of piperazine rings is 1. The highest BCUT2D eigenvalue weighted by atomic mass is 32.2. The van der Waals surface area contributed by atoms with Gasteiger partial charge in [-0.1, -0.05) is 0 Å². The molecule has 1 saturated heterocycles. The van der Waals surface area contributed by atoms with Crippen LogP contribution in [0, 0.1) is 0 Å². The molecule has 2 aliphatic heterocycles. The summed E-state index contributed by atoms with van der Waals surface area (Å²) in [4.78, 5) is 25.8. The Bertz CT molecular complexity index is 1220. The number of carbonyl (C=O) groups excluding carboxylic acids is 1. The number of ether oxygens (including phenoxy) is 1. The Labute approximate surface area is 206 Å². The smallest absolute Gasteiger partial charge is 0.261 e. The highest BCUT2D eigenvalue weighted by Gasteiger charge is 2.32. The number of benzene rings is 1.